The van der Waals surface area contributed by atoms with Gasteiger partial charge in [0.15, 0.2) is 0 Å². The zero-order chi connectivity index (χ0) is 28.1. The van der Waals surface area contributed by atoms with Gasteiger partial charge in [-0.15, -0.1) is 0 Å². The summed E-state index contributed by atoms with van der Waals surface area (Å²) in [6.07, 6.45) is 5.75. The minimum atomic E-state index is -3.17. The van der Waals surface area contributed by atoms with E-state index in [0.717, 1.165) is 23.9 Å². The van der Waals surface area contributed by atoms with Gasteiger partial charge in [-0.3, -0.25) is 4.79 Å². The van der Waals surface area contributed by atoms with Crippen molar-refractivity contribution in [2.45, 2.75) is 43.4 Å². The van der Waals surface area contributed by atoms with Gasteiger partial charge in [0.05, 0.1) is 29.0 Å². The van der Waals surface area contributed by atoms with Gasteiger partial charge in [0, 0.05) is 57.2 Å². The number of hydrogen-bond donors (Lipinski definition) is 1. The molecule has 3 aromatic heterocycles. The highest BCUT2D eigenvalue weighted by atomic mass is 19.3. The van der Waals surface area contributed by atoms with Crippen molar-refractivity contribution >= 4 is 11.4 Å². The van der Waals surface area contributed by atoms with Crippen LogP contribution in [0.25, 0.3) is 16.6 Å². The summed E-state index contributed by atoms with van der Waals surface area (Å²) in [5, 5.41) is 4.49. The molecular formula is C26H21F3N6O2. The fourth-order valence-electron chi connectivity index (χ4n) is 5.51. The number of hydrogen-bond acceptors (Lipinski definition) is 6. The maximum Gasteiger partial charge on any atom is 0.387 e. The number of carbonyl (C=O) groups is 1. The number of aromatic nitrogens is 4. The zero-order valence-corrected chi connectivity index (χ0v) is 19.2. The van der Waals surface area contributed by atoms with Crippen molar-refractivity contribution in [3.63, 3.8) is 0 Å². The number of benzene rings is 1. The molecule has 0 unspecified atom stereocenters. The summed E-state index contributed by atoms with van der Waals surface area (Å²) in [5.74, 6) is -1.95. The maximum atomic E-state index is 15.4. The SMILES string of the molecule is [2H]C([2H])([2H])N1C(=O)c2cccc(OC(F)F)c2[C@H]2C[C@@H]1c1nn3cc(F)c(-c4cnc(C5(N)CC5)nc4)cc3c12. The van der Waals surface area contributed by atoms with Crippen LogP contribution in [0.5, 0.6) is 5.75 Å². The van der Waals surface area contributed by atoms with Gasteiger partial charge in [-0.1, -0.05) is 6.07 Å². The lowest BCUT2D eigenvalue weighted by Crippen LogP contribution is -2.30. The second-order valence-electron chi connectivity index (χ2n) is 9.69. The minimum Gasteiger partial charge on any atom is -0.434 e. The fourth-order valence-corrected chi connectivity index (χ4v) is 5.51. The van der Waals surface area contributed by atoms with E-state index >= 15 is 4.39 Å². The first kappa shape index (κ1) is 19.2. The first-order chi connectivity index (χ1) is 19.0. The fraction of sp³-hybridized carbons (Fsp3) is 0.308. The van der Waals surface area contributed by atoms with Gasteiger partial charge in [0.25, 0.3) is 5.91 Å². The quantitative estimate of drug-likeness (QED) is 0.444. The Morgan fingerprint density at radius 2 is 2.00 bits per heavy atom. The Morgan fingerprint density at radius 1 is 1.22 bits per heavy atom. The maximum absolute atomic E-state index is 15.4. The third-order valence-corrected chi connectivity index (χ3v) is 7.50. The van der Waals surface area contributed by atoms with E-state index in [2.05, 4.69) is 15.1 Å². The molecule has 8 nitrogen and oxygen atoms in total. The molecule has 0 radical (unpaired) electrons. The molecule has 0 spiro atoms. The van der Waals surface area contributed by atoms with E-state index in [-0.39, 0.29) is 34.6 Å². The van der Waals surface area contributed by atoms with Gasteiger partial charge in [-0.05, 0) is 37.5 Å². The number of amides is 1. The molecule has 188 valence electrons. The van der Waals surface area contributed by atoms with Crippen LogP contribution >= 0.6 is 0 Å². The number of nitrogens with two attached hydrogens (primary N) is 1. The zero-order valence-electron chi connectivity index (χ0n) is 22.2. The van der Waals surface area contributed by atoms with Crippen LogP contribution in [0.4, 0.5) is 13.2 Å². The molecule has 3 aliphatic rings. The van der Waals surface area contributed by atoms with Gasteiger partial charge < -0.3 is 15.4 Å². The average Bonchev–Trinajstić information content (AvgIpc) is 3.44. The number of fused-ring (bicyclic) bond motifs is 9. The number of ether oxygens (including phenoxy) is 1. The molecule has 11 heteroatoms. The first-order valence-corrected chi connectivity index (χ1v) is 11.7. The Kier molecular flexibility index (Phi) is 3.89. The number of alkyl halides is 2. The molecule has 4 aromatic rings. The van der Waals surface area contributed by atoms with E-state index in [1.807, 2.05) is 0 Å². The molecule has 2 aliphatic carbocycles. The smallest absolute Gasteiger partial charge is 0.387 e. The van der Waals surface area contributed by atoms with Crippen LogP contribution in [0.15, 0.2) is 42.9 Å². The second kappa shape index (κ2) is 7.51. The molecule has 7 rings (SSSR count). The number of pyridine rings is 1. The molecular weight excluding hydrogens is 485 g/mol. The van der Waals surface area contributed by atoms with Crippen LogP contribution in [0.1, 0.15) is 68.3 Å². The highest BCUT2D eigenvalue weighted by Crippen LogP contribution is 2.53. The predicted octanol–water partition coefficient (Wildman–Crippen LogP) is 4.14. The number of nitrogens with zero attached hydrogens (tertiary/aromatic N) is 5. The summed E-state index contributed by atoms with van der Waals surface area (Å²) in [6, 6.07) is 4.63. The van der Waals surface area contributed by atoms with Gasteiger partial charge in [-0.25, -0.2) is 18.9 Å². The molecule has 37 heavy (non-hydrogen) atoms. The van der Waals surface area contributed by atoms with E-state index in [1.165, 1.54) is 35.1 Å². The standard InChI is InChI=1S/C26H21F3N6O2/c1-34-18-8-15(20-13(23(34)36)3-2-4-19(20)37-25(28)29)21-17-7-14(16(27)11-35(17)33-22(18)21)12-9-31-24(32-10-12)26(30)5-6-26/h2-4,7,9-11,15,18,25H,5-6,8,30H2,1H3/t15-,18-/m1/s1/i1D3. The molecule has 1 amide bonds. The molecule has 2 bridgehead atoms. The molecule has 1 fully saturated rings. The number of halogens is 3. The van der Waals surface area contributed by atoms with Crippen molar-refractivity contribution in [2.75, 3.05) is 6.98 Å². The molecule has 2 atom stereocenters. The molecule has 1 saturated carbocycles. The summed E-state index contributed by atoms with van der Waals surface area (Å²) < 4.78 is 72.5. The Morgan fingerprint density at radius 3 is 2.70 bits per heavy atom. The number of rotatable bonds is 4. The lowest BCUT2D eigenvalue weighted by molar-refractivity contribution is -0.0505. The Bertz CT molecular complexity index is 1700. The van der Waals surface area contributed by atoms with Crippen molar-refractivity contribution in [1.29, 1.82) is 0 Å². The highest BCUT2D eigenvalue weighted by Gasteiger charge is 2.46. The second-order valence-corrected chi connectivity index (χ2v) is 9.69. The molecule has 4 heterocycles. The van der Waals surface area contributed by atoms with Crippen LogP contribution in [-0.4, -0.2) is 44.0 Å². The van der Waals surface area contributed by atoms with E-state index in [4.69, 9.17) is 14.6 Å². The van der Waals surface area contributed by atoms with Crippen molar-refractivity contribution < 1.29 is 26.8 Å². The predicted molar refractivity (Wildman–Crippen MR) is 126 cm³/mol. The van der Waals surface area contributed by atoms with Crippen LogP contribution in [-0.2, 0) is 5.54 Å². The third kappa shape index (κ3) is 3.19. The lowest BCUT2D eigenvalue weighted by atomic mass is 9.88. The molecule has 0 saturated heterocycles. The molecule has 1 aromatic carbocycles. The Hall–Kier alpha value is -3.99. The van der Waals surface area contributed by atoms with Crippen molar-refractivity contribution in [2.24, 2.45) is 5.73 Å². The first-order valence-electron chi connectivity index (χ1n) is 13.2. The monoisotopic (exact) mass is 509 g/mol. The number of carbonyl (C=O) groups excluding carboxylic acids is 1. The molecule has 1 aliphatic heterocycles. The van der Waals surface area contributed by atoms with Crippen LogP contribution in [0, 0.1) is 5.82 Å². The summed E-state index contributed by atoms with van der Waals surface area (Å²) >= 11 is 0. The topological polar surface area (TPSA) is 98.6 Å². The summed E-state index contributed by atoms with van der Waals surface area (Å²) in [4.78, 5) is 22.9. The Labute approximate surface area is 213 Å². The summed E-state index contributed by atoms with van der Waals surface area (Å²) in [7, 11) is 0. The summed E-state index contributed by atoms with van der Waals surface area (Å²) in [5.41, 5.74) is 7.47. The average molecular weight is 510 g/mol. The van der Waals surface area contributed by atoms with Crippen molar-refractivity contribution in [3.05, 3.63) is 76.9 Å². The molecule has 2 N–H and O–H groups in total. The minimum absolute atomic E-state index is 0.0473. The van der Waals surface area contributed by atoms with Gasteiger partial charge in [0.1, 0.15) is 17.4 Å². The van der Waals surface area contributed by atoms with E-state index < -0.39 is 42.8 Å². The van der Waals surface area contributed by atoms with Gasteiger partial charge >= 0.3 is 6.61 Å². The van der Waals surface area contributed by atoms with Gasteiger partial charge in [0.2, 0.25) is 0 Å². The van der Waals surface area contributed by atoms with Crippen LogP contribution < -0.4 is 10.5 Å². The lowest BCUT2D eigenvalue weighted by Gasteiger charge is -2.23. The summed E-state index contributed by atoms with van der Waals surface area (Å²) in [6.45, 7) is -6.03. The van der Waals surface area contributed by atoms with E-state index in [0.29, 0.717) is 22.5 Å². The van der Waals surface area contributed by atoms with Crippen molar-refractivity contribution in [1.82, 2.24) is 24.5 Å². The van der Waals surface area contributed by atoms with Crippen molar-refractivity contribution in [3.8, 4) is 16.9 Å². The van der Waals surface area contributed by atoms with E-state index in [1.54, 1.807) is 6.07 Å². The van der Waals surface area contributed by atoms with Gasteiger partial charge in [-0.2, -0.15) is 13.9 Å². The van der Waals surface area contributed by atoms with Crippen LogP contribution in [0.2, 0.25) is 0 Å². The Balaban J connectivity index is 1.44. The van der Waals surface area contributed by atoms with E-state index in [9.17, 15) is 13.6 Å². The third-order valence-electron chi connectivity index (χ3n) is 7.50. The largest absolute Gasteiger partial charge is 0.434 e. The van der Waals surface area contributed by atoms with Crippen LogP contribution in [0.3, 0.4) is 0 Å². The highest BCUT2D eigenvalue weighted by molar-refractivity contribution is 5.98. The normalized spacial score (nSPS) is 22.8.